The number of halogens is 1. The summed E-state index contributed by atoms with van der Waals surface area (Å²) in [6.45, 7) is 0. The summed E-state index contributed by atoms with van der Waals surface area (Å²) in [5.41, 5.74) is -0.428. The van der Waals surface area contributed by atoms with Crippen LogP contribution in [0.5, 0.6) is 0 Å². The third-order valence-electron chi connectivity index (χ3n) is 1.30. The number of hydrogen-bond acceptors (Lipinski definition) is 4. The molecule has 0 N–H and O–H groups in total. The van der Waals surface area contributed by atoms with Gasteiger partial charge in [0.25, 0.3) is 5.69 Å². The Balaban J connectivity index is 0.00000169. The SMILES string of the molecule is O=[N+]([O-])c1cc(Br)ccc1S(=O)[O-].[Na+]. The molecule has 0 heterocycles. The van der Waals surface area contributed by atoms with Crippen LogP contribution >= 0.6 is 15.9 Å². The quantitative estimate of drug-likeness (QED) is 0.290. The van der Waals surface area contributed by atoms with Crippen molar-refractivity contribution in [1.82, 2.24) is 0 Å². The number of nitro benzene ring substituents is 1. The van der Waals surface area contributed by atoms with Crippen LogP contribution < -0.4 is 29.6 Å². The predicted octanol–water partition coefficient (Wildman–Crippen LogP) is -1.40. The van der Waals surface area contributed by atoms with Crippen molar-refractivity contribution in [2.24, 2.45) is 0 Å². The Hall–Kier alpha value is 0.210. The van der Waals surface area contributed by atoms with Crippen molar-refractivity contribution in [1.29, 1.82) is 0 Å². The summed E-state index contributed by atoms with van der Waals surface area (Å²) in [5.74, 6) is 0. The van der Waals surface area contributed by atoms with Crippen LogP contribution in [0.1, 0.15) is 0 Å². The molecule has 0 bridgehead atoms. The Morgan fingerprint density at radius 1 is 1.43 bits per heavy atom. The molecule has 70 valence electrons. The molecule has 1 atom stereocenters. The normalized spacial score (nSPS) is 11.6. The molecule has 0 radical (unpaired) electrons. The smallest absolute Gasteiger partial charge is 0.768 e. The van der Waals surface area contributed by atoms with Crippen molar-refractivity contribution in [3.63, 3.8) is 0 Å². The van der Waals surface area contributed by atoms with E-state index in [1.165, 1.54) is 12.1 Å². The van der Waals surface area contributed by atoms with E-state index in [0.717, 1.165) is 6.07 Å². The van der Waals surface area contributed by atoms with Gasteiger partial charge in [0.2, 0.25) is 0 Å². The second kappa shape index (κ2) is 5.94. The summed E-state index contributed by atoms with van der Waals surface area (Å²) in [6, 6.07) is 3.74. The van der Waals surface area contributed by atoms with Gasteiger partial charge in [0, 0.05) is 10.5 Å². The molecular formula is C6H3BrNNaO4S. The summed E-state index contributed by atoms with van der Waals surface area (Å²) < 4.78 is 21.5. The van der Waals surface area contributed by atoms with Gasteiger partial charge in [0.05, 0.1) is 4.92 Å². The Kier molecular flexibility index (Phi) is 6.03. The number of rotatable bonds is 2. The number of hydrogen-bond donors (Lipinski definition) is 0. The minimum atomic E-state index is -2.58. The number of benzene rings is 1. The van der Waals surface area contributed by atoms with Gasteiger partial charge >= 0.3 is 29.6 Å². The molecule has 1 rings (SSSR count). The van der Waals surface area contributed by atoms with Crippen molar-refractivity contribution in [2.45, 2.75) is 4.90 Å². The maximum absolute atomic E-state index is 10.5. The van der Waals surface area contributed by atoms with Crippen molar-refractivity contribution in [3.8, 4) is 0 Å². The summed E-state index contributed by atoms with van der Waals surface area (Å²) in [4.78, 5) is 9.34. The maximum atomic E-state index is 10.5. The van der Waals surface area contributed by atoms with Gasteiger partial charge in [-0.25, -0.2) is 0 Å². The van der Waals surface area contributed by atoms with Gasteiger partial charge in [-0.3, -0.25) is 14.3 Å². The minimum absolute atomic E-state index is 0. The molecule has 0 aliphatic rings. The zero-order valence-electron chi connectivity index (χ0n) is 7.10. The Morgan fingerprint density at radius 2 is 2.00 bits per heavy atom. The van der Waals surface area contributed by atoms with Crippen LogP contribution in [-0.4, -0.2) is 13.7 Å². The maximum Gasteiger partial charge on any atom is 1.00 e. The molecule has 14 heavy (non-hydrogen) atoms. The van der Waals surface area contributed by atoms with Crippen LogP contribution in [0.4, 0.5) is 5.69 Å². The number of nitrogens with zero attached hydrogens (tertiary/aromatic N) is 1. The fourth-order valence-corrected chi connectivity index (χ4v) is 1.61. The predicted molar refractivity (Wildman–Crippen MR) is 48.0 cm³/mol. The molecule has 0 saturated heterocycles. The fourth-order valence-electron chi connectivity index (χ4n) is 0.774. The molecular weight excluding hydrogens is 285 g/mol. The Bertz CT molecular complexity index is 386. The van der Waals surface area contributed by atoms with E-state index in [4.69, 9.17) is 0 Å². The average molecular weight is 288 g/mol. The molecule has 0 aliphatic heterocycles. The molecule has 0 fully saturated rings. The zero-order valence-corrected chi connectivity index (χ0v) is 11.5. The summed E-state index contributed by atoms with van der Waals surface area (Å²) >= 11 is 0.426. The fraction of sp³-hybridized carbons (Fsp3) is 0. The van der Waals surface area contributed by atoms with Crippen molar-refractivity contribution in [3.05, 3.63) is 32.8 Å². The van der Waals surface area contributed by atoms with Crippen molar-refractivity contribution >= 4 is 32.7 Å². The molecule has 0 spiro atoms. The molecule has 1 aromatic carbocycles. The second-order valence-corrected chi connectivity index (χ2v) is 3.93. The third-order valence-corrected chi connectivity index (χ3v) is 2.49. The third kappa shape index (κ3) is 3.41. The van der Waals surface area contributed by atoms with Gasteiger partial charge in [0.1, 0.15) is 4.90 Å². The summed E-state index contributed by atoms with van der Waals surface area (Å²) in [7, 11) is 0. The van der Waals surface area contributed by atoms with Gasteiger partial charge in [-0.05, 0) is 23.2 Å². The van der Waals surface area contributed by atoms with Gasteiger partial charge in [0.15, 0.2) is 0 Å². The van der Waals surface area contributed by atoms with Crippen LogP contribution in [0.2, 0.25) is 0 Å². The minimum Gasteiger partial charge on any atom is -0.768 e. The van der Waals surface area contributed by atoms with E-state index in [0.29, 0.717) is 4.47 Å². The topological polar surface area (TPSA) is 83.3 Å². The van der Waals surface area contributed by atoms with Gasteiger partial charge in [-0.2, -0.15) is 0 Å². The van der Waals surface area contributed by atoms with Crippen LogP contribution in [-0.2, 0) is 11.1 Å². The van der Waals surface area contributed by atoms with Gasteiger partial charge < -0.3 is 4.55 Å². The average Bonchev–Trinajstić information content (AvgIpc) is 2.03. The van der Waals surface area contributed by atoms with E-state index in [-0.39, 0.29) is 34.5 Å². The molecule has 0 saturated carbocycles. The van der Waals surface area contributed by atoms with Crippen molar-refractivity contribution in [2.75, 3.05) is 0 Å². The number of nitro groups is 1. The van der Waals surface area contributed by atoms with Crippen molar-refractivity contribution < 1.29 is 43.2 Å². The van der Waals surface area contributed by atoms with E-state index in [1.807, 2.05) is 0 Å². The van der Waals surface area contributed by atoms with E-state index in [1.54, 1.807) is 0 Å². The van der Waals surface area contributed by atoms with E-state index < -0.39 is 21.7 Å². The summed E-state index contributed by atoms with van der Waals surface area (Å²) in [5, 5.41) is 10.4. The first kappa shape index (κ1) is 14.2. The Labute approximate surface area is 113 Å². The molecule has 5 nitrogen and oxygen atoms in total. The molecule has 1 unspecified atom stereocenters. The molecule has 0 aliphatic carbocycles. The van der Waals surface area contributed by atoms with Crippen LogP contribution in [0.3, 0.4) is 0 Å². The standard InChI is InChI=1S/C6H4BrNO4S.Na/c7-4-1-2-6(13(11)12)5(3-4)8(9)10;/h1-3H,(H,11,12);/q;+1/p-1. The second-order valence-electron chi connectivity index (χ2n) is 2.10. The first-order chi connectivity index (χ1) is 6.02. The first-order valence-electron chi connectivity index (χ1n) is 3.05. The summed E-state index contributed by atoms with van der Waals surface area (Å²) in [6.07, 6.45) is 0. The van der Waals surface area contributed by atoms with E-state index in [9.17, 15) is 18.9 Å². The molecule has 0 aromatic heterocycles. The monoisotopic (exact) mass is 287 g/mol. The van der Waals surface area contributed by atoms with Gasteiger partial charge in [-0.15, -0.1) is 0 Å². The zero-order chi connectivity index (χ0) is 10.0. The van der Waals surface area contributed by atoms with Crippen LogP contribution in [0.25, 0.3) is 0 Å². The Morgan fingerprint density at radius 3 is 2.43 bits per heavy atom. The van der Waals surface area contributed by atoms with E-state index in [2.05, 4.69) is 15.9 Å². The largest absolute Gasteiger partial charge is 1.00 e. The van der Waals surface area contributed by atoms with Crippen LogP contribution in [0.15, 0.2) is 27.6 Å². The molecule has 0 amide bonds. The molecule has 8 heteroatoms. The van der Waals surface area contributed by atoms with Crippen LogP contribution in [0, 0.1) is 10.1 Å². The molecule has 1 aromatic rings. The first-order valence-corrected chi connectivity index (χ1v) is 4.92. The van der Waals surface area contributed by atoms with Gasteiger partial charge in [-0.1, -0.05) is 15.9 Å². The van der Waals surface area contributed by atoms with E-state index >= 15 is 0 Å².